The summed E-state index contributed by atoms with van der Waals surface area (Å²) in [5.74, 6) is -6.12. The number of nitrogens with two attached hydrogens (primary N) is 1. The van der Waals surface area contributed by atoms with Crippen LogP contribution in [0.2, 0.25) is 0 Å². The normalized spacial score (nSPS) is 18.9. The molecule has 5 atom stereocenters. The van der Waals surface area contributed by atoms with E-state index in [9.17, 15) is 33.9 Å². The molecular formula is C20H33N5O8. The minimum atomic E-state index is -1.41. The predicted octanol–water partition coefficient (Wildman–Crippen LogP) is -1.94. The highest BCUT2D eigenvalue weighted by molar-refractivity contribution is 5.96. The summed E-state index contributed by atoms with van der Waals surface area (Å²) in [6.45, 7) is 4.00. The molecule has 0 spiro atoms. The molecule has 8 N–H and O–H groups in total. The van der Waals surface area contributed by atoms with Crippen molar-refractivity contribution in [2.24, 2.45) is 11.7 Å². The number of carbonyl (C=O) groups is 6. The molecule has 1 rings (SSSR count). The number of hydrogen-bond acceptors (Lipinski definition) is 7. The van der Waals surface area contributed by atoms with E-state index in [2.05, 4.69) is 21.3 Å². The van der Waals surface area contributed by atoms with Gasteiger partial charge in [-0.2, -0.15) is 0 Å². The molecule has 0 aliphatic carbocycles. The maximum Gasteiger partial charge on any atom is 0.326 e. The van der Waals surface area contributed by atoms with Gasteiger partial charge in [0.25, 0.3) is 0 Å². The van der Waals surface area contributed by atoms with Gasteiger partial charge in [-0.3, -0.25) is 24.0 Å². The van der Waals surface area contributed by atoms with E-state index in [1.807, 2.05) is 0 Å². The Kier molecular flexibility index (Phi) is 11.3. The minimum Gasteiger partial charge on any atom is -0.481 e. The first-order valence-corrected chi connectivity index (χ1v) is 10.8. The molecule has 186 valence electrons. The van der Waals surface area contributed by atoms with Gasteiger partial charge in [0.1, 0.15) is 18.1 Å². The van der Waals surface area contributed by atoms with Gasteiger partial charge in [-0.15, -0.1) is 0 Å². The molecule has 1 aliphatic rings. The Hall–Kier alpha value is -3.22. The molecule has 13 heteroatoms. The summed E-state index contributed by atoms with van der Waals surface area (Å²) in [4.78, 5) is 71.9. The number of amides is 4. The van der Waals surface area contributed by atoms with Gasteiger partial charge in [-0.25, -0.2) is 4.79 Å². The fourth-order valence-corrected chi connectivity index (χ4v) is 3.34. The molecule has 33 heavy (non-hydrogen) atoms. The third kappa shape index (κ3) is 9.43. The molecule has 1 aliphatic heterocycles. The first kappa shape index (κ1) is 27.8. The molecule has 5 unspecified atom stereocenters. The van der Waals surface area contributed by atoms with Crippen molar-refractivity contribution in [3.8, 4) is 0 Å². The summed E-state index contributed by atoms with van der Waals surface area (Å²) in [5, 5.41) is 28.4. The van der Waals surface area contributed by atoms with Gasteiger partial charge < -0.3 is 37.2 Å². The molecule has 0 bridgehead atoms. The second-order valence-corrected chi connectivity index (χ2v) is 8.08. The number of nitrogens with one attached hydrogen (secondary N) is 4. The summed E-state index contributed by atoms with van der Waals surface area (Å²) in [7, 11) is 0. The highest BCUT2D eigenvalue weighted by Gasteiger charge is 2.33. The van der Waals surface area contributed by atoms with Crippen LogP contribution >= 0.6 is 0 Å². The summed E-state index contributed by atoms with van der Waals surface area (Å²) < 4.78 is 0. The van der Waals surface area contributed by atoms with E-state index in [0.717, 1.165) is 6.42 Å². The van der Waals surface area contributed by atoms with Crippen LogP contribution in [0.5, 0.6) is 0 Å². The Bertz CT molecular complexity index is 753. The molecule has 0 saturated carbocycles. The zero-order valence-corrected chi connectivity index (χ0v) is 18.8. The number of carbonyl (C=O) groups excluding carboxylic acids is 4. The van der Waals surface area contributed by atoms with Crippen molar-refractivity contribution in [3.05, 3.63) is 0 Å². The number of hydrogen-bond donors (Lipinski definition) is 7. The Labute approximate surface area is 191 Å². The van der Waals surface area contributed by atoms with Gasteiger partial charge >= 0.3 is 11.9 Å². The smallest absolute Gasteiger partial charge is 0.326 e. The lowest BCUT2D eigenvalue weighted by Crippen LogP contribution is -2.58. The van der Waals surface area contributed by atoms with Gasteiger partial charge in [-0.05, 0) is 31.7 Å². The fraction of sp³-hybridized carbons (Fsp3) is 0.700. The van der Waals surface area contributed by atoms with Crippen LogP contribution in [0.1, 0.15) is 52.4 Å². The Morgan fingerprint density at radius 2 is 1.67 bits per heavy atom. The average Bonchev–Trinajstić information content (AvgIpc) is 3.27. The van der Waals surface area contributed by atoms with E-state index in [1.165, 1.54) is 0 Å². The van der Waals surface area contributed by atoms with E-state index in [4.69, 9.17) is 10.8 Å². The summed E-state index contributed by atoms with van der Waals surface area (Å²) in [5.41, 5.74) is 5.19. The van der Waals surface area contributed by atoms with E-state index in [-0.39, 0.29) is 6.42 Å². The molecule has 1 fully saturated rings. The van der Waals surface area contributed by atoms with Crippen LogP contribution in [-0.4, -0.2) is 76.5 Å². The summed E-state index contributed by atoms with van der Waals surface area (Å²) >= 11 is 0. The third-order valence-corrected chi connectivity index (χ3v) is 5.47. The maximum atomic E-state index is 12.8. The standard InChI is InChI=1S/C20H33N5O8/c1-3-10(2)16(20(32)33)25-18(30)12(6-7-15(27)28)23-19(31)13(9-14(21)26)24-17(29)11-5-4-8-22-11/h10-13,16,22H,3-9H2,1-2H3,(H2,21,26)(H,23,31)(H,24,29)(H,25,30)(H,27,28)(H,32,33). The van der Waals surface area contributed by atoms with Crippen LogP contribution in [0.3, 0.4) is 0 Å². The number of carboxylic acid groups (broad SMARTS) is 2. The molecule has 0 aromatic carbocycles. The third-order valence-electron chi connectivity index (χ3n) is 5.47. The second-order valence-electron chi connectivity index (χ2n) is 8.08. The highest BCUT2D eigenvalue weighted by atomic mass is 16.4. The molecule has 0 aromatic heterocycles. The number of rotatable bonds is 14. The summed E-state index contributed by atoms with van der Waals surface area (Å²) in [6, 6.07) is -4.58. The zero-order chi connectivity index (χ0) is 25.1. The van der Waals surface area contributed by atoms with Crippen molar-refractivity contribution >= 4 is 35.6 Å². The van der Waals surface area contributed by atoms with Crippen LogP contribution in [0.15, 0.2) is 0 Å². The monoisotopic (exact) mass is 471 g/mol. The Balaban J connectivity index is 2.98. The first-order valence-electron chi connectivity index (χ1n) is 10.8. The lowest BCUT2D eigenvalue weighted by atomic mass is 9.98. The lowest BCUT2D eigenvalue weighted by molar-refractivity contribution is -0.144. The van der Waals surface area contributed by atoms with E-state index >= 15 is 0 Å². The zero-order valence-electron chi connectivity index (χ0n) is 18.8. The minimum absolute atomic E-state index is 0.332. The van der Waals surface area contributed by atoms with Crippen molar-refractivity contribution in [1.82, 2.24) is 21.3 Å². The van der Waals surface area contributed by atoms with E-state index < -0.39 is 78.5 Å². The Morgan fingerprint density at radius 3 is 2.15 bits per heavy atom. The molecule has 0 aromatic rings. The maximum absolute atomic E-state index is 12.8. The topological polar surface area (TPSA) is 217 Å². The van der Waals surface area contributed by atoms with Crippen molar-refractivity contribution in [1.29, 1.82) is 0 Å². The van der Waals surface area contributed by atoms with Crippen LogP contribution in [0, 0.1) is 5.92 Å². The summed E-state index contributed by atoms with van der Waals surface area (Å²) in [6.07, 6.45) is 0.405. The van der Waals surface area contributed by atoms with Crippen LogP contribution in [0.4, 0.5) is 0 Å². The van der Waals surface area contributed by atoms with Gasteiger partial charge in [0.05, 0.1) is 12.5 Å². The Morgan fingerprint density at radius 1 is 1.03 bits per heavy atom. The van der Waals surface area contributed by atoms with Crippen molar-refractivity contribution < 1.29 is 39.0 Å². The van der Waals surface area contributed by atoms with Crippen molar-refractivity contribution in [2.45, 2.75) is 76.5 Å². The van der Waals surface area contributed by atoms with Gasteiger partial charge in [-0.1, -0.05) is 20.3 Å². The van der Waals surface area contributed by atoms with Crippen LogP contribution in [-0.2, 0) is 28.8 Å². The number of carboxylic acids is 2. The van der Waals surface area contributed by atoms with E-state index in [0.29, 0.717) is 19.4 Å². The van der Waals surface area contributed by atoms with Crippen LogP contribution < -0.4 is 27.0 Å². The van der Waals surface area contributed by atoms with Crippen LogP contribution in [0.25, 0.3) is 0 Å². The molecule has 4 amide bonds. The number of aliphatic carboxylic acids is 2. The molecule has 13 nitrogen and oxygen atoms in total. The first-order chi connectivity index (χ1) is 15.5. The SMILES string of the molecule is CCC(C)C(NC(=O)C(CCC(=O)O)NC(=O)C(CC(N)=O)NC(=O)C1CCCN1)C(=O)O. The van der Waals surface area contributed by atoms with E-state index in [1.54, 1.807) is 13.8 Å². The largest absolute Gasteiger partial charge is 0.481 e. The fourth-order valence-electron chi connectivity index (χ4n) is 3.34. The second kappa shape index (κ2) is 13.4. The van der Waals surface area contributed by atoms with Crippen molar-refractivity contribution in [3.63, 3.8) is 0 Å². The van der Waals surface area contributed by atoms with Gasteiger partial charge in [0.15, 0.2) is 0 Å². The molecule has 1 saturated heterocycles. The molecule has 0 radical (unpaired) electrons. The highest BCUT2D eigenvalue weighted by Crippen LogP contribution is 2.10. The quantitative estimate of drug-likeness (QED) is 0.150. The van der Waals surface area contributed by atoms with Gasteiger partial charge in [0, 0.05) is 6.42 Å². The lowest BCUT2D eigenvalue weighted by Gasteiger charge is -2.26. The van der Waals surface area contributed by atoms with Crippen molar-refractivity contribution in [2.75, 3.05) is 6.54 Å². The molecular weight excluding hydrogens is 438 g/mol. The average molecular weight is 472 g/mol. The predicted molar refractivity (Wildman–Crippen MR) is 115 cm³/mol. The molecule has 1 heterocycles. The number of primary amides is 1. The van der Waals surface area contributed by atoms with Gasteiger partial charge in [0.2, 0.25) is 23.6 Å².